The van der Waals surface area contributed by atoms with Crippen LogP contribution in [0.25, 0.3) is 0 Å². The molecule has 0 spiro atoms. The number of carboxylic acids is 1. The zero-order valence-electron chi connectivity index (χ0n) is 11.3. The van der Waals surface area contributed by atoms with E-state index in [1.807, 2.05) is 20.9 Å². The summed E-state index contributed by atoms with van der Waals surface area (Å²) in [6.45, 7) is 6.93. The molecule has 6 heteroatoms. The molecule has 1 saturated heterocycles. The maximum atomic E-state index is 11.9. The van der Waals surface area contributed by atoms with Gasteiger partial charge in [-0.15, -0.1) is 0 Å². The van der Waals surface area contributed by atoms with Crippen molar-refractivity contribution in [3.63, 3.8) is 0 Å². The second-order valence-electron chi connectivity index (χ2n) is 5.12. The van der Waals surface area contributed by atoms with Crippen molar-refractivity contribution in [2.75, 3.05) is 39.8 Å². The first-order valence-electron chi connectivity index (χ1n) is 6.34. The number of rotatable bonds is 5. The molecule has 0 saturated carbocycles. The molecule has 1 fully saturated rings. The Bertz CT molecular complexity index is 299. The van der Waals surface area contributed by atoms with Crippen LogP contribution in [0.3, 0.4) is 0 Å². The Hall–Kier alpha value is -1.14. The monoisotopic (exact) mass is 257 g/mol. The summed E-state index contributed by atoms with van der Waals surface area (Å²) in [5.74, 6) is -0.964. The van der Waals surface area contributed by atoms with Gasteiger partial charge in [-0.2, -0.15) is 0 Å². The van der Waals surface area contributed by atoms with Crippen molar-refractivity contribution in [3.05, 3.63) is 0 Å². The Labute approximate surface area is 108 Å². The number of nitrogens with zero attached hydrogens (tertiary/aromatic N) is 2. The van der Waals surface area contributed by atoms with Crippen LogP contribution in [0.5, 0.6) is 0 Å². The predicted octanol–water partition coefficient (Wildman–Crippen LogP) is -0.541. The molecule has 0 aromatic rings. The molecular weight excluding hydrogens is 234 g/mol. The van der Waals surface area contributed by atoms with Gasteiger partial charge in [0.15, 0.2) is 0 Å². The number of piperazine rings is 1. The summed E-state index contributed by atoms with van der Waals surface area (Å²) < 4.78 is 0. The van der Waals surface area contributed by atoms with Gasteiger partial charge in [-0.25, -0.2) is 0 Å². The van der Waals surface area contributed by atoms with Crippen LogP contribution >= 0.6 is 0 Å². The van der Waals surface area contributed by atoms with E-state index in [0.29, 0.717) is 0 Å². The minimum absolute atomic E-state index is 0.0185. The van der Waals surface area contributed by atoms with Gasteiger partial charge in [-0.3, -0.25) is 14.9 Å². The maximum absolute atomic E-state index is 11.9. The van der Waals surface area contributed by atoms with Gasteiger partial charge in [0.25, 0.3) is 0 Å². The average Bonchev–Trinajstić information content (AvgIpc) is 2.28. The van der Waals surface area contributed by atoms with Gasteiger partial charge in [0.1, 0.15) is 6.04 Å². The Balaban J connectivity index is 2.38. The molecule has 1 aliphatic rings. The molecule has 2 N–H and O–H groups in total. The molecule has 104 valence electrons. The van der Waals surface area contributed by atoms with Crippen molar-refractivity contribution in [2.24, 2.45) is 5.92 Å². The third kappa shape index (κ3) is 4.27. The van der Waals surface area contributed by atoms with E-state index >= 15 is 0 Å². The summed E-state index contributed by atoms with van der Waals surface area (Å²) in [6.07, 6.45) is 0. The fourth-order valence-electron chi connectivity index (χ4n) is 1.97. The van der Waals surface area contributed by atoms with Crippen molar-refractivity contribution >= 4 is 11.9 Å². The van der Waals surface area contributed by atoms with Crippen LogP contribution in [0, 0.1) is 5.92 Å². The van der Waals surface area contributed by atoms with Crippen molar-refractivity contribution < 1.29 is 14.7 Å². The van der Waals surface area contributed by atoms with Gasteiger partial charge in [0.2, 0.25) is 5.91 Å². The normalized spacial score (nSPS) is 19.0. The molecule has 1 rings (SSSR count). The summed E-state index contributed by atoms with van der Waals surface area (Å²) in [6, 6.07) is -0.665. The molecule has 6 nitrogen and oxygen atoms in total. The molecule has 0 aromatic heterocycles. The van der Waals surface area contributed by atoms with E-state index < -0.39 is 12.0 Å². The largest absolute Gasteiger partial charge is 0.480 e. The highest BCUT2D eigenvalue weighted by atomic mass is 16.4. The summed E-state index contributed by atoms with van der Waals surface area (Å²) in [5.41, 5.74) is 0. The second kappa shape index (κ2) is 6.70. The van der Waals surface area contributed by atoms with E-state index in [2.05, 4.69) is 10.2 Å². The van der Waals surface area contributed by atoms with Gasteiger partial charge >= 0.3 is 5.97 Å². The number of carbonyl (C=O) groups is 2. The molecule has 1 aliphatic heterocycles. The number of nitrogens with one attached hydrogen (secondary N) is 1. The smallest absolute Gasteiger partial charge is 0.320 e. The van der Waals surface area contributed by atoms with Crippen molar-refractivity contribution in [1.82, 2.24) is 15.1 Å². The van der Waals surface area contributed by atoms with Crippen LogP contribution in [0.2, 0.25) is 0 Å². The van der Waals surface area contributed by atoms with E-state index in [9.17, 15) is 9.59 Å². The molecule has 1 atom stereocenters. The quantitative estimate of drug-likeness (QED) is 0.692. The minimum Gasteiger partial charge on any atom is -0.480 e. The van der Waals surface area contributed by atoms with E-state index in [1.165, 1.54) is 0 Å². The fraction of sp³-hybridized carbons (Fsp3) is 0.833. The highest BCUT2D eigenvalue weighted by Gasteiger charge is 2.24. The molecule has 1 heterocycles. The lowest BCUT2D eigenvalue weighted by atomic mass is 10.1. The van der Waals surface area contributed by atoms with Crippen LogP contribution in [0.15, 0.2) is 0 Å². The highest BCUT2D eigenvalue weighted by molar-refractivity contribution is 5.80. The lowest BCUT2D eigenvalue weighted by Crippen LogP contribution is -2.52. The lowest BCUT2D eigenvalue weighted by Gasteiger charge is -2.32. The molecule has 1 amide bonds. The molecular formula is C12H23N3O3. The first-order valence-corrected chi connectivity index (χ1v) is 6.34. The SMILES string of the molecule is CC(C)C(NCC(=O)N1CCN(C)CC1)C(=O)O. The van der Waals surface area contributed by atoms with Gasteiger partial charge < -0.3 is 14.9 Å². The zero-order valence-corrected chi connectivity index (χ0v) is 11.3. The van der Waals surface area contributed by atoms with Crippen molar-refractivity contribution in [2.45, 2.75) is 19.9 Å². The second-order valence-corrected chi connectivity index (χ2v) is 5.12. The number of carboxylic acid groups (broad SMARTS) is 1. The molecule has 0 radical (unpaired) electrons. The van der Waals surface area contributed by atoms with E-state index in [0.717, 1.165) is 26.2 Å². The Kier molecular flexibility index (Phi) is 5.55. The predicted molar refractivity (Wildman–Crippen MR) is 68.3 cm³/mol. The van der Waals surface area contributed by atoms with Crippen LogP contribution in [0.4, 0.5) is 0 Å². The maximum Gasteiger partial charge on any atom is 0.320 e. The highest BCUT2D eigenvalue weighted by Crippen LogP contribution is 2.03. The summed E-state index contributed by atoms with van der Waals surface area (Å²) in [5, 5.41) is 11.8. The number of carbonyl (C=O) groups excluding carboxylic acids is 1. The van der Waals surface area contributed by atoms with Crippen LogP contribution in [0.1, 0.15) is 13.8 Å². The fourth-order valence-corrected chi connectivity index (χ4v) is 1.97. The molecule has 0 bridgehead atoms. The zero-order chi connectivity index (χ0) is 13.7. The Morgan fingerprint density at radius 1 is 1.22 bits per heavy atom. The standard InChI is InChI=1S/C12H23N3O3/c1-9(2)11(12(17)18)13-8-10(16)15-6-4-14(3)5-7-15/h9,11,13H,4-8H2,1-3H3,(H,17,18). The minimum atomic E-state index is -0.906. The van der Waals surface area contributed by atoms with Crippen molar-refractivity contribution in [3.8, 4) is 0 Å². The summed E-state index contributed by atoms with van der Waals surface area (Å²) in [7, 11) is 2.03. The van der Waals surface area contributed by atoms with E-state index in [-0.39, 0.29) is 18.4 Å². The van der Waals surface area contributed by atoms with E-state index in [4.69, 9.17) is 5.11 Å². The third-order valence-electron chi connectivity index (χ3n) is 3.26. The topological polar surface area (TPSA) is 72.9 Å². The lowest BCUT2D eigenvalue weighted by molar-refractivity contribution is -0.141. The molecule has 0 aliphatic carbocycles. The number of likely N-dealkylation sites (N-methyl/N-ethyl adjacent to an activating group) is 1. The van der Waals surface area contributed by atoms with Gasteiger partial charge in [-0.05, 0) is 13.0 Å². The number of amides is 1. The number of hydrogen-bond donors (Lipinski definition) is 2. The first kappa shape index (κ1) is 14.9. The van der Waals surface area contributed by atoms with Gasteiger partial charge in [0, 0.05) is 26.2 Å². The van der Waals surface area contributed by atoms with Gasteiger partial charge in [0.05, 0.1) is 6.54 Å². The molecule has 0 aromatic carbocycles. The molecule has 1 unspecified atom stereocenters. The van der Waals surface area contributed by atoms with Crippen LogP contribution in [-0.4, -0.2) is 72.6 Å². The number of aliphatic carboxylic acids is 1. The van der Waals surface area contributed by atoms with Crippen LogP contribution in [-0.2, 0) is 9.59 Å². The third-order valence-corrected chi connectivity index (χ3v) is 3.26. The number of hydrogen-bond acceptors (Lipinski definition) is 4. The van der Waals surface area contributed by atoms with E-state index in [1.54, 1.807) is 4.90 Å². The van der Waals surface area contributed by atoms with Crippen LogP contribution < -0.4 is 5.32 Å². The first-order chi connectivity index (χ1) is 8.41. The Morgan fingerprint density at radius 3 is 2.22 bits per heavy atom. The van der Waals surface area contributed by atoms with Gasteiger partial charge in [-0.1, -0.05) is 13.8 Å². The van der Waals surface area contributed by atoms with Crippen molar-refractivity contribution in [1.29, 1.82) is 0 Å². The Morgan fingerprint density at radius 2 is 1.78 bits per heavy atom. The molecule has 18 heavy (non-hydrogen) atoms. The summed E-state index contributed by atoms with van der Waals surface area (Å²) in [4.78, 5) is 26.8. The summed E-state index contributed by atoms with van der Waals surface area (Å²) >= 11 is 0. The average molecular weight is 257 g/mol.